The zero-order valence-electron chi connectivity index (χ0n) is 11.7. The van der Waals surface area contributed by atoms with E-state index < -0.39 is 15.9 Å². The van der Waals surface area contributed by atoms with Crippen LogP contribution in [0.3, 0.4) is 0 Å². The summed E-state index contributed by atoms with van der Waals surface area (Å²) in [4.78, 5) is 0. The first kappa shape index (κ1) is 17.0. The summed E-state index contributed by atoms with van der Waals surface area (Å²) in [6, 6.07) is 4.60. The zero-order valence-corrected chi connectivity index (χ0v) is 13.2. The lowest BCUT2D eigenvalue weighted by Crippen LogP contribution is -2.32. The van der Waals surface area contributed by atoms with Crippen LogP contribution >= 0.6 is 11.6 Å². The minimum absolute atomic E-state index is 0.0510. The summed E-state index contributed by atoms with van der Waals surface area (Å²) in [7, 11) is 0.671. The van der Waals surface area contributed by atoms with Gasteiger partial charge < -0.3 is 18.4 Å². The van der Waals surface area contributed by atoms with E-state index >= 15 is 0 Å². The summed E-state index contributed by atoms with van der Waals surface area (Å²) >= 11 is 5.88. The molecule has 0 heterocycles. The first-order chi connectivity index (χ1) is 9.31. The van der Waals surface area contributed by atoms with Crippen LogP contribution < -0.4 is 8.92 Å². The molecule has 0 amide bonds. The molecule has 1 rings (SSSR count). The Kier molecular flexibility index (Phi) is 5.64. The van der Waals surface area contributed by atoms with Crippen LogP contribution in [0.4, 0.5) is 0 Å². The summed E-state index contributed by atoms with van der Waals surface area (Å²) in [5.41, 5.74) is 0.579. The van der Waals surface area contributed by atoms with Crippen LogP contribution in [0.15, 0.2) is 18.2 Å². The Balaban J connectivity index is 3.28. The van der Waals surface area contributed by atoms with Crippen LogP contribution in [0.25, 0.3) is 0 Å². The topological polar surface area (TPSA) is 71.1 Å². The van der Waals surface area contributed by atoms with E-state index in [0.29, 0.717) is 5.56 Å². The smallest absolute Gasteiger partial charge is 0.306 e. The molecule has 0 aliphatic heterocycles. The fraction of sp³-hybridized carbons (Fsp3) is 0.500. The largest absolute Gasteiger partial charge is 0.493 e. The Hall–Kier alpha value is -1.02. The number of halogens is 1. The maximum absolute atomic E-state index is 11.2. The van der Waals surface area contributed by atoms with Gasteiger partial charge in [0.05, 0.1) is 19.2 Å². The van der Waals surface area contributed by atoms with E-state index in [9.17, 15) is 8.42 Å². The van der Waals surface area contributed by atoms with Gasteiger partial charge in [-0.3, -0.25) is 0 Å². The summed E-state index contributed by atoms with van der Waals surface area (Å²) in [5.74, 6) is -0.778. The van der Waals surface area contributed by atoms with Gasteiger partial charge in [0.25, 0.3) is 0 Å². The number of benzene rings is 1. The van der Waals surface area contributed by atoms with Crippen molar-refractivity contribution in [1.82, 2.24) is 0 Å². The third-order valence-electron chi connectivity index (χ3n) is 2.68. The molecule has 0 unspecified atom stereocenters. The summed E-state index contributed by atoms with van der Waals surface area (Å²) < 4.78 is 42.9. The average Bonchev–Trinajstić information content (AvgIpc) is 2.41. The lowest BCUT2D eigenvalue weighted by molar-refractivity contribution is -0.198. The zero-order chi connectivity index (χ0) is 15.4. The summed E-state index contributed by atoms with van der Waals surface area (Å²) in [6.07, 6.45) is 0.952. The van der Waals surface area contributed by atoms with Gasteiger partial charge >= 0.3 is 10.1 Å². The second kappa shape index (κ2) is 6.62. The van der Waals surface area contributed by atoms with E-state index in [1.54, 1.807) is 12.1 Å². The monoisotopic (exact) mass is 324 g/mol. The molecule has 0 N–H and O–H groups in total. The van der Waals surface area contributed by atoms with Gasteiger partial charge in [-0.15, -0.1) is 11.6 Å². The van der Waals surface area contributed by atoms with Crippen molar-refractivity contribution in [1.29, 1.82) is 0 Å². The van der Waals surface area contributed by atoms with Crippen LogP contribution in [-0.4, -0.2) is 41.9 Å². The van der Waals surface area contributed by atoms with Gasteiger partial charge in [-0.1, -0.05) is 0 Å². The lowest BCUT2D eigenvalue weighted by Gasteiger charge is -2.29. The van der Waals surface area contributed by atoms with E-state index in [1.165, 1.54) is 27.4 Å². The molecule has 6 nitrogen and oxygen atoms in total. The lowest BCUT2D eigenvalue weighted by atomic mass is 10.1. The molecule has 0 saturated heterocycles. The Morgan fingerprint density at radius 1 is 1.15 bits per heavy atom. The van der Waals surface area contributed by atoms with E-state index in [0.717, 1.165) is 6.26 Å². The fourth-order valence-corrected chi connectivity index (χ4v) is 2.48. The van der Waals surface area contributed by atoms with Crippen molar-refractivity contribution in [2.45, 2.75) is 5.79 Å². The maximum atomic E-state index is 11.2. The van der Waals surface area contributed by atoms with Crippen molar-refractivity contribution in [3.63, 3.8) is 0 Å². The van der Waals surface area contributed by atoms with E-state index in [4.69, 9.17) is 30.0 Å². The molecule has 1 aromatic rings. The maximum Gasteiger partial charge on any atom is 0.306 e. The van der Waals surface area contributed by atoms with Crippen molar-refractivity contribution in [3.8, 4) is 11.5 Å². The number of alkyl halides is 1. The highest BCUT2D eigenvalue weighted by molar-refractivity contribution is 7.86. The highest BCUT2D eigenvalue weighted by atomic mass is 35.5. The van der Waals surface area contributed by atoms with Crippen molar-refractivity contribution >= 4 is 21.7 Å². The minimum Gasteiger partial charge on any atom is -0.493 e. The van der Waals surface area contributed by atoms with Gasteiger partial charge in [0.15, 0.2) is 11.5 Å². The van der Waals surface area contributed by atoms with Gasteiger partial charge in [0, 0.05) is 19.8 Å². The third kappa shape index (κ3) is 3.76. The molecule has 0 aliphatic carbocycles. The SMILES string of the molecule is COc1cc(C(CCl)(OC)OC)ccc1OS(C)(=O)=O. The molecular formula is C12H17ClO6S. The van der Waals surface area contributed by atoms with Crippen molar-refractivity contribution < 1.29 is 26.8 Å². The van der Waals surface area contributed by atoms with Crippen LogP contribution in [0, 0.1) is 0 Å². The van der Waals surface area contributed by atoms with E-state index in [-0.39, 0.29) is 17.4 Å². The molecule has 0 aromatic heterocycles. The van der Waals surface area contributed by atoms with Crippen molar-refractivity contribution in [2.75, 3.05) is 33.5 Å². The van der Waals surface area contributed by atoms with Gasteiger partial charge in [-0.05, 0) is 18.2 Å². The molecule has 0 fully saturated rings. The molecule has 1 aromatic carbocycles. The normalized spacial score (nSPS) is 12.2. The number of ether oxygens (including phenoxy) is 3. The quantitative estimate of drug-likeness (QED) is 0.432. The summed E-state index contributed by atoms with van der Waals surface area (Å²) in [5, 5.41) is 0. The minimum atomic E-state index is -3.64. The van der Waals surface area contributed by atoms with Crippen LogP contribution in [-0.2, 0) is 25.4 Å². The first-order valence-corrected chi connectivity index (χ1v) is 7.91. The van der Waals surface area contributed by atoms with Gasteiger partial charge in [-0.25, -0.2) is 0 Å². The van der Waals surface area contributed by atoms with Gasteiger partial charge in [-0.2, -0.15) is 8.42 Å². The second-order valence-electron chi connectivity index (χ2n) is 3.95. The first-order valence-electron chi connectivity index (χ1n) is 5.56. The molecule has 0 spiro atoms. The fourth-order valence-electron chi connectivity index (χ4n) is 1.64. The van der Waals surface area contributed by atoms with Crippen LogP contribution in [0.5, 0.6) is 11.5 Å². The van der Waals surface area contributed by atoms with Crippen LogP contribution in [0.2, 0.25) is 0 Å². The third-order valence-corrected chi connectivity index (χ3v) is 3.51. The van der Waals surface area contributed by atoms with Crippen molar-refractivity contribution in [2.24, 2.45) is 0 Å². The Labute approximate surface area is 123 Å². The molecule has 0 atom stereocenters. The van der Waals surface area contributed by atoms with Gasteiger partial charge in [0.1, 0.15) is 0 Å². The Bertz CT molecular complexity index is 545. The Morgan fingerprint density at radius 3 is 2.15 bits per heavy atom. The number of hydrogen-bond donors (Lipinski definition) is 0. The van der Waals surface area contributed by atoms with E-state index in [2.05, 4.69) is 0 Å². The van der Waals surface area contributed by atoms with Crippen molar-refractivity contribution in [3.05, 3.63) is 23.8 Å². The molecule has 0 radical (unpaired) electrons. The molecule has 0 saturated carbocycles. The molecular weight excluding hydrogens is 308 g/mol. The number of methoxy groups -OCH3 is 3. The Morgan fingerprint density at radius 2 is 1.75 bits per heavy atom. The van der Waals surface area contributed by atoms with Crippen LogP contribution in [0.1, 0.15) is 5.56 Å². The number of rotatable bonds is 7. The molecule has 0 bridgehead atoms. The highest BCUT2D eigenvalue weighted by Gasteiger charge is 2.32. The number of hydrogen-bond acceptors (Lipinski definition) is 6. The predicted octanol–water partition coefficient (Wildman–Crippen LogP) is 1.72. The molecule has 20 heavy (non-hydrogen) atoms. The van der Waals surface area contributed by atoms with E-state index in [1.807, 2.05) is 0 Å². The highest BCUT2D eigenvalue weighted by Crippen LogP contribution is 2.35. The standard InChI is InChI=1S/C12H17ClO6S/c1-16-11-7-9(12(8-13,17-2)18-3)5-6-10(11)19-20(4,14)15/h5-7H,8H2,1-4H3. The van der Waals surface area contributed by atoms with Gasteiger partial charge in [0.2, 0.25) is 5.79 Å². The summed E-state index contributed by atoms with van der Waals surface area (Å²) in [6.45, 7) is 0. The second-order valence-corrected chi connectivity index (χ2v) is 5.79. The molecule has 0 aliphatic rings. The average molecular weight is 325 g/mol. The molecule has 114 valence electrons. The predicted molar refractivity (Wildman–Crippen MR) is 74.9 cm³/mol. The molecule has 8 heteroatoms.